The monoisotopic (exact) mass is 278 g/mol. The fraction of sp³-hybridized carbons (Fsp3) is 1.00. The van der Waals surface area contributed by atoms with Crippen LogP contribution < -0.4 is 5.32 Å². The van der Waals surface area contributed by atoms with Crippen molar-refractivity contribution in [2.24, 2.45) is 5.92 Å². The third-order valence-electron chi connectivity index (χ3n) is 4.64. The topological polar surface area (TPSA) is 15.3 Å². The van der Waals surface area contributed by atoms with Crippen LogP contribution in [0.15, 0.2) is 0 Å². The van der Waals surface area contributed by atoms with E-state index in [1.54, 1.807) is 0 Å². The van der Waals surface area contributed by atoms with Crippen LogP contribution >= 0.6 is 0 Å². The van der Waals surface area contributed by atoms with Gasteiger partial charge in [-0.2, -0.15) is 13.2 Å². The van der Waals surface area contributed by atoms with Gasteiger partial charge in [0, 0.05) is 31.1 Å². The molecule has 2 atom stereocenters. The molecule has 112 valence electrons. The molecule has 19 heavy (non-hydrogen) atoms. The molecule has 2 unspecified atom stereocenters. The Hall–Kier alpha value is -0.290. The van der Waals surface area contributed by atoms with Gasteiger partial charge in [0.15, 0.2) is 0 Å². The van der Waals surface area contributed by atoms with Crippen LogP contribution in [0.25, 0.3) is 0 Å². The van der Waals surface area contributed by atoms with Gasteiger partial charge in [0.1, 0.15) is 0 Å². The van der Waals surface area contributed by atoms with E-state index in [9.17, 15) is 13.2 Å². The van der Waals surface area contributed by atoms with E-state index in [-0.39, 0.29) is 12.0 Å². The van der Waals surface area contributed by atoms with Crippen molar-refractivity contribution in [2.75, 3.05) is 19.6 Å². The maximum absolute atomic E-state index is 12.2. The summed E-state index contributed by atoms with van der Waals surface area (Å²) in [5.41, 5.74) is 0.115. The van der Waals surface area contributed by atoms with Crippen LogP contribution in [-0.4, -0.2) is 42.3 Å². The normalized spacial score (nSPS) is 33.6. The van der Waals surface area contributed by atoms with Gasteiger partial charge in [-0.15, -0.1) is 0 Å². The summed E-state index contributed by atoms with van der Waals surface area (Å²) in [5, 5.41) is 3.63. The average Bonchev–Trinajstić information content (AvgIpc) is 3.11. The molecule has 0 bridgehead atoms. The number of alkyl halides is 3. The Morgan fingerprint density at radius 2 is 2.00 bits per heavy atom. The Kier molecular flexibility index (Phi) is 4.45. The highest BCUT2D eigenvalue weighted by Crippen LogP contribution is 2.41. The first-order chi connectivity index (χ1) is 8.84. The second kappa shape index (κ2) is 5.60. The number of hydrogen-bond donors (Lipinski definition) is 1. The van der Waals surface area contributed by atoms with Gasteiger partial charge in [-0.3, -0.25) is 4.90 Å². The molecule has 1 saturated heterocycles. The Morgan fingerprint density at radius 3 is 2.53 bits per heavy atom. The van der Waals surface area contributed by atoms with Crippen molar-refractivity contribution < 1.29 is 13.2 Å². The molecule has 2 aliphatic rings. The fourth-order valence-corrected chi connectivity index (χ4v) is 3.23. The van der Waals surface area contributed by atoms with Crippen molar-refractivity contribution in [1.29, 1.82) is 0 Å². The van der Waals surface area contributed by atoms with Gasteiger partial charge in [-0.1, -0.05) is 6.92 Å². The van der Waals surface area contributed by atoms with Crippen molar-refractivity contribution in [3.8, 4) is 0 Å². The Balaban J connectivity index is 1.87. The standard InChI is InChI=1S/C14H25F3N2/c1-3-12-9-18-13(2,11-5-6-11)10-19(12)8-4-7-14(15,16)17/h11-12,18H,3-10H2,1-2H3. The van der Waals surface area contributed by atoms with Gasteiger partial charge in [-0.25, -0.2) is 0 Å². The molecule has 0 aromatic rings. The summed E-state index contributed by atoms with van der Waals surface area (Å²) >= 11 is 0. The van der Waals surface area contributed by atoms with Gasteiger partial charge >= 0.3 is 6.18 Å². The summed E-state index contributed by atoms with van der Waals surface area (Å²) in [6.07, 6.45) is -0.934. The van der Waals surface area contributed by atoms with Gasteiger partial charge in [-0.05, 0) is 45.1 Å². The van der Waals surface area contributed by atoms with Crippen LogP contribution in [0.2, 0.25) is 0 Å². The SMILES string of the molecule is CCC1CNC(C)(C2CC2)CN1CCCC(F)(F)F. The zero-order valence-corrected chi connectivity index (χ0v) is 11.9. The minimum atomic E-state index is -4.02. The predicted molar refractivity (Wildman–Crippen MR) is 70.1 cm³/mol. The molecule has 1 aliphatic carbocycles. The molecule has 1 aliphatic heterocycles. The largest absolute Gasteiger partial charge is 0.389 e. The van der Waals surface area contributed by atoms with Gasteiger partial charge in [0.2, 0.25) is 0 Å². The number of halogens is 3. The summed E-state index contributed by atoms with van der Waals surface area (Å²) in [6, 6.07) is 0.389. The molecule has 2 fully saturated rings. The molecule has 1 saturated carbocycles. The highest BCUT2D eigenvalue weighted by molar-refractivity contribution is 5.03. The Bertz CT molecular complexity index is 302. The van der Waals surface area contributed by atoms with Crippen LogP contribution in [0.1, 0.15) is 46.0 Å². The average molecular weight is 278 g/mol. The lowest BCUT2D eigenvalue weighted by molar-refractivity contribution is -0.136. The van der Waals surface area contributed by atoms with Crippen molar-refractivity contribution in [3.05, 3.63) is 0 Å². The quantitative estimate of drug-likeness (QED) is 0.831. The predicted octanol–water partition coefficient (Wildman–Crippen LogP) is 3.18. The van der Waals surface area contributed by atoms with E-state index >= 15 is 0 Å². The van der Waals surface area contributed by atoms with Gasteiger partial charge in [0.25, 0.3) is 0 Å². The van der Waals surface area contributed by atoms with E-state index < -0.39 is 12.6 Å². The molecular weight excluding hydrogens is 253 g/mol. The molecule has 5 heteroatoms. The number of piperazine rings is 1. The van der Waals surface area contributed by atoms with E-state index in [1.807, 2.05) is 0 Å². The van der Waals surface area contributed by atoms with Crippen molar-refractivity contribution >= 4 is 0 Å². The third-order valence-corrected chi connectivity index (χ3v) is 4.64. The number of nitrogens with zero attached hydrogens (tertiary/aromatic N) is 1. The summed E-state index contributed by atoms with van der Waals surface area (Å²) in [5.74, 6) is 0.718. The lowest BCUT2D eigenvalue weighted by atomic mass is 9.90. The van der Waals surface area contributed by atoms with E-state index in [0.717, 1.165) is 25.4 Å². The van der Waals surface area contributed by atoms with Crippen LogP contribution in [0, 0.1) is 5.92 Å². The second-order valence-electron chi connectivity index (χ2n) is 6.32. The summed E-state index contributed by atoms with van der Waals surface area (Å²) in [6.45, 7) is 6.72. The first-order valence-corrected chi connectivity index (χ1v) is 7.40. The van der Waals surface area contributed by atoms with E-state index in [4.69, 9.17) is 0 Å². The van der Waals surface area contributed by atoms with Crippen LogP contribution in [0.5, 0.6) is 0 Å². The maximum atomic E-state index is 12.2. The zero-order valence-electron chi connectivity index (χ0n) is 11.9. The molecule has 0 aromatic carbocycles. The van der Waals surface area contributed by atoms with E-state index in [1.165, 1.54) is 12.8 Å². The highest BCUT2D eigenvalue weighted by Gasteiger charge is 2.45. The van der Waals surface area contributed by atoms with Crippen LogP contribution in [0.3, 0.4) is 0 Å². The molecule has 0 spiro atoms. The maximum Gasteiger partial charge on any atom is 0.389 e. The zero-order chi connectivity index (χ0) is 14.1. The third kappa shape index (κ3) is 4.09. The molecule has 0 radical (unpaired) electrons. The summed E-state index contributed by atoms with van der Waals surface area (Å²) in [4.78, 5) is 2.28. The molecule has 1 heterocycles. The molecule has 0 aromatic heterocycles. The van der Waals surface area contributed by atoms with E-state index in [2.05, 4.69) is 24.1 Å². The van der Waals surface area contributed by atoms with E-state index in [0.29, 0.717) is 12.6 Å². The smallest absolute Gasteiger partial charge is 0.308 e. The van der Waals surface area contributed by atoms with Gasteiger partial charge in [0.05, 0.1) is 0 Å². The lowest BCUT2D eigenvalue weighted by Gasteiger charge is -2.46. The van der Waals surface area contributed by atoms with Gasteiger partial charge < -0.3 is 5.32 Å². The molecule has 0 amide bonds. The fourth-order valence-electron chi connectivity index (χ4n) is 3.23. The second-order valence-corrected chi connectivity index (χ2v) is 6.32. The van der Waals surface area contributed by atoms with Crippen molar-refractivity contribution in [1.82, 2.24) is 10.2 Å². The molecule has 2 nitrogen and oxygen atoms in total. The van der Waals surface area contributed by atoms with Crippen molar-refractivity contribution in [2.45, 2.75) is 63.7 Å². The summed E-state index contributed by atoms with van der Waals surface area (Å²) in [7, 11) is 0. The minimum Gasteiger partial charge on any atom is -0.308 e. The van der Waals surface area contributed by atoms with Crippen LogP contribution in [-0.2, 0) is 0 Å². The number of rotatable bonds is 5. The first kappa shape index (κ1) is 15.1. The van der Waals surface area contributed by atoms with Crippen molar-refractivity contribution in [3.63, 3.8) is 0 Å². The highest BCUT2D eigenvalue weighted by atomic mass is 19.4. The van der Waals surface area contributed by atoms with Crippen LogP contribution in [0.4, 0.5) is 13.2 Å². The minimum absolute atomic E-state index is 0.115. The Labute approximate surface area is 113 Å². The first-order valence-electron chi connectivity index (χ1n) is 7.40. The summed E-state index contributed by atoms with van der Waals surface area (Å²) < 4.78 is 36.7. The number of nitrogens with one attached hydrogen (secondary N) is 1. The molecular formula is C14H25F3N2. The Morgan fingerprint density at radius 1 is 1.32 bits per heavy atom. The lowest BCUT2D eigenvalue weighted by Crippen LogP contribution is -2.63. The molecule has 1 N–H and O–H groups in total. The molecule has 2 rings (SSSR count). The number of hydrogen-bond acceptors (Lipinski definition) is 2.